The summed E-state index contributed by atoms with van der Waals surface area (Å²) in [5, 5.41) is 7.67. The number of hydrogen-bond acceptors (Lipinski definition) is 5. The van der Waals surface area contributed by atoms with E-state index in [1.54, 1.807) is 18.4 Å². The molecule has 26 heavy (non-hydrogen) atoms. The first-order chi connectivity index (χ1) is 12.4. The molecule has 1 heterocycles. The van der Waals surface area contributed by atoms with Gasteiger partial charge in [0.05, 0.1) is 10.8 Å². The largest absolute Gasteiger partial charge is 0.356 e. The fraction of sp³-hybridized carbons (Fsp3) is 0.444. The molecule has 0 amide bonds. The highest BCUT2D eigenvalue weighted by Gasteiger charge is 2.05. The Hall–Kier alpha value is -1.93. The second-order valence-corrected chi connectivity index (χ2v) is 9.40. The van der Waals surface area contributed by atoms with Crippen LogP contribution in [-0.4, -0.2) is 39.2 Å². The first kappa shape index (κ1) is 20.4. The van der Waals surface area contributed by atoms with Gasteiger partial charge in [0, 0.05) is 43.9 Å². The van der Waals surface area contributed by atoms with Crippen LogP contribution in [0.3, 0.4) is 0 Å². The summed E-state index contributed by atoms with van der Waals surface area (Å²) in [6.45, 7) is 3.52. The molecule has 142 valence electrons. The Labute approximate surface area is 159 Å². The summed E-state index contributed by atoms with van der Waals surface area (Å²) in [4.78, 5) is 9.94. The molecule has 2 aromatic rings. The molecular formula is C18H26N4O2S2. The van der Waals surface area contributed by atoms with E-state index in [1.807, 2.05) is 30.5 Å². The van der Waals surface area contributed by atoms with Gasteiger partial charge in [-0.3, -0.25) is 4.99 Å². The zero-order chi connectivity index (χ0) is 19.0. The Balaban J connectivity index is 1.77. The number of aliphatic imine (C=N–C) groups is 1. The van der Waals surface area contributed by atoms with Crippen molar-refractivity contribution in [2.24, 2.45) is 4.99 Å². The molecule has 0 aliphatic carbocycles. The summed E-state index contributed by atoms with van der Waals surface area (Å²) in [6.07, 6.45) is 5.08. The Morgan fingerprint density at radius 2 is 1.88 bits per heavy atom. The highest BCUT2D eigenvalue weighted by atomic mass is 32.2. The molecule has 0 atom stereocenters. The SMILES string of the molecule is CCc1cnc(CCNC(=NC)NCc2ccc(CS(C)(=O)=O)cc2)s1. The van der Waals surface area contributed by atoms with E-state index in [0.29, 0.717) is 6.54 Å². The van der Waals surface area contributed by atoms with Crippen LogP contribution in [0.2, 0.25) is 0 Å². The molecular weight excluding hydrogens is 368 g/mol. The predicted octanol–water partition coefficient (Wildman–Crippen LogP) is 2.16. The molecule has 0 unspecified atom stereocenters. The van der Waals surface area contributed by atoms with Crippen molar-refractivity contribution in [2.45, 2.75) is 32.1 Å². The van der Waals surface area contributed by atoms with E-state index in [2.05, 4.69) is 27.5 Å². The Kier molecular flexibility index (Phi) is 7.59. The number of aromatic nitrogens is 1. The average Bonchev–Trinajstić information content (AvgIpc) is 3.06. The third kappa shape index (κ3) is 7.13. The van der Waals surface area contributed by atoms with Crippen molar-refractivity contribution in [2.75, 3.05) is 19.8 Å². The van der Waals surface area contributed by atoms with Gasteiger partial charge >= 0.3 is 0 Å². The lowest BCUT2D eigenvalue weighted by Gasteiger charge is -2.11. The highest BCUT2D eigenvalue weighted by molar-refractivity contribution is 7.89. The summed E-state index contributed by atoms with van der Waals surface area (Å²) in [7, 11) is -1.26. The van der Waals surface area contributed by atoms with Crippen molar-refractivity contribution in [3.63, 3.8) is 0 Å². The van der Waals surface area contributed by atoms with Gasteiger partial charge in [0.2, 0.25) is 0 Å². The lowest BCUT2D eigenvalue weighted by atomic mass is 10.1. The number of guanidine groups is 1. The number of sulfone groups is 1. The number of nitrogens with zero attached hydrogens (tertiary/aromatic N) is 2. The number of benzene rings is 1. The van der Waals surface area contributed by atoms with Crippen molar-refractivity contribution in [1.29, 1.82) is 0 Å². The lowest BCUT2D eigenvalue weighted by Crippen LogP contribution is -2.37. The number of rotatable bonds is 8. The van der Waals surface area contributed by atoms with E-state index in [-0.39, 0.29) is 5.75 Å². The molecule has 0 aliphatic heterocycles. The predicted molar refractivity (Wildman–Crippen MR) is 108 cm³/mol. The molecule has 8 heteroatoms. The maximum atomic E-state index is 11.3. The van der Waals surface area contributed by atoms with E-state index in [0.717, 1.165) is 41.5 Å². The van der Waals surface area contributed by atoms with Gasteiger partial charge in [-0.1, -0.05) is 31.2 Å². The quantitative estimate of drug-likeness (QED) is 0.529. The standard InChI is InChI=1S/C18H26N4O2S2/c1-4-16-12-21-17(25-16)9-10-20-18(19-2)22-11-14-5-7-15(8-6-14)13-26(3,23)24/h5-8,12H,4,9-11,13H2,1-3H3,(H2,19,20,22). The minimum absolute atomic E-state index is 0.0699. The molecule has 0 bridgehead atoms. The normalized spacial score (nSPS) is 12.2. The van der Waals surface area contributed by atoms with Crippen LogP contribution in [0.1, 0.15) is 27.9 Å². The third-order valence-corrected chi connectivity index (χ3v) is 5.78. The number of aryl methyl sites for hydroxylation is 1. The van der Waals surface area contributed by atoms with Crippen LogP contribution in [0.5, 0.6) is 0 Å². The number of nitrogens with one attached hydrogen (secondary N) is 2. The zero-order valence-corrected chi connectivity index (χ0v) is 17.1. The molecule has 1 aromatic carbocycles. The van der Waals surface area contributed by atoms with Crippen LogP contribution in [0, 0.1) is 0 Å². The molecule has 0 fully saturated rings. The minimum atomic E-state index is -3.00. The van der Waals surface area contributed by atoms with Gasteiger partial charge in [0.15, 0.2) is 15.8 Å². The summed E-state index contributed by atoms with van der Waals surface area (Å²) >= 11 is 1.75. The third-order valence-electron chi connectivity index (χ3n) is 3.72. The van der Waals surface area contributed by atoms with Crippen LogP contribution >= 0.6 is 11.3 Å². The molecule has 0 saturated heterocycles. The topological polar surface area (TPSA) is 83.4 Å². The molecule has 1 aromatic heterocycles. The summed E-state index contributed by atoms with van der Waals surface area (Å²) in [5.41, 5.74) is 1.87. The molecule has 6 nitrogen and oxygen atoms in total. The van der Waals surface area contributed by atoms with Gasteiger partial charge < -0.3 is 10.6 Å². The van der Waals surface area contributed by atoms with E-state index in [9.17, 15) is 8.42 Å². The lowest BCUT2D eigenvalue weighted by molar-refractivity contribution is 0.601. The summed E-state index contributed by atoms with van der Waals surface area (Å²) in [6, 6.07) is 7.56. The summed E-state index contributed by atoms with van der Waals surface area (Å²) < 4.78 is 22.6. The van der Waals surface area contributed by atoms with Crippen molar-refractivity contribution in [3.05, 3.63) is 51.5 Å². The second kappa shape index (κ2) is 9.68. The van der Waals surface area contributed by atoms with E-state index in [1.165, 1.54) is 11.1 Å². The van der Waals surface area contributed by atoms with E-state index < -0.39 is 9.84 Å². The molecule has 0 aliphatic rings. The van der Waals surface area contributed by atoms with Crippen LogP contribution in [0.15, 0.2) is 35.5 Å². The Morgan fingerprint density at radius 3 is 2.46 bits per heavy atom. The van der Waals surface area contributed by atoms with Crippen LogP contribution in [0.25, 0.3) is 0 Å². The second-order valence-electron chi connectivity index (χ2n) is 6.06. The monoisotopic (exact) mass is 394 g/mol. The fourth-order valence-electron chi connectivity index (χ4n) is 2.38. The smallest absolute Gasteiger partial charge is 0.191 e. The van der Waals surface area contributed by atoms with Gasteiger partial charge in [-0.05, 0) is 17.5 Å². The van der Waals surface area contributed by atoms with Crippen LogP contribution in [0.4, 0.5) is 0 Å². The summed E-state index contributed by atoms with van der Waals surface area (Å²) in [5.74, 6) is 0.804. The Morgan fingerprint density at radius 1 is 1.19 bits per heavy atom. The zero-order valence-electron chi connectivity index (χ0n) is 15.4. The fourth-order valence-corrected chi connectivity index (χ4v) is 4.04. The molecule has 0 spiro atoms. The van der Waals surface area contributed by atoms with Crippen molar-refractivity contribution in [1.82, 2.24) is 15.6 Å². The first-order valence-electron chi connectivity index (χ1n) is 8.53. The van der Waals surface area contributed by atoms with Gasteiger partial charge in [-0.25, -0.2) is 13.4 Å². The van der Waals surface area contributed by atoms with Gasteiger partial charge in [0.25, 0.3) is 0 Å². The molecule has 2 N–H and O–H groups in total. The molecule has 0 radical (unpaired) electrons. The van der Waals surface area contributed by atoms with Gasteiger partial charge in [-0.15, -0.1) is 11.3 Å². The Bertz CT molecular complexity index is 827. The first-order valence-corrected chi connectivity index (χ1v) is 11.4. The minimum Gasteiger partial charge on any atom is -0.356 e. The number of thiazole rings is 1. The van der Waals surface area contributed by atoms with Gasteiger partial charge in [0.1, 0.15) is 0 Å². The van der Waals surface area contributed by atoms with E-state index >= 15 is 0 Å². The van der Waals surface area contributed by atoms with E-state index in [4.69, 9.17) is 0 Å². The maximum Gasteiger partial charge on any atom is 0.191 e. The van der Waals surface area contributed by atoms with Crippen molar-refractivity contribution >= 4 is 27.1 Å². The average molecular weight is 395 g/mol. The van der Waals surface area contributed by atoms with Crippen molar-refractivity contribution < 1.29 is 8.42 Å². The van der Waals surface area contributed by atoms with Gasteiger partial charge in [-0.2, -0.15) is 0 Å². The van der Waals surface area contributed by atoms with Crippen LogP contribution in [-0.2, 0) is 35.0 Å². The molecule has 0 saturated carbocycles. The highest BCUT2D eigenvalue weighted by Crippen LogP contribution is 2.13. The van der Waals surface area contributed by atoms with Crippen molar-refractivity contribution in [3.8, 4) is 0 Å². The van der Waals surface area contributed by atoms with Crippen LogP contribution < -0.4 is 10.6 Å². The maximum absolute atomic E-state index is 11.3. The number of hydrogen-bond donors (Lipinski definition) is 2. The molecule has 2 rings (SSSR count).